The molecule has 24 heavy (non-hydrogen) atoms. The molecule has 0 bridgehead atoms. The molecule has 128 valence electrons. The highest BCUT2D eigenvalue weighted by Crippen LogP contribution is 2.13. The number of ether oxygens (including phenoxy) is 1. The van der Waals surface area contributed by atoms with Crippen molar-refractivity contribution in [3.63, 3.8) is 0 Å². The Morgan fingerprint density at radius 3 is 2.62 bits per heavy atom. The van der Waals surface area contributed by atoms with Gasteiger partial charge in [-0.1, -0.05) is 18.2 Å². The Morgan fingerprint density at radius 1 is 1.21 bits per heavy atom. The molecule has 2 aromatic rings. The molecule has 0 spiro atoms. The van der Waals surface area contributed by atoms with E-state index in [1.165, 1.54) is 11.6 Å². The highest BCUT2D eigenvalue weighted by atomic mass is 16.5. The number of hydrogen-bond donors (Lipinski definition) is 2. The van der Waals surface area contributed by atoms with Gasteiger partial charge in [-0.2, -0.15) is 0 Å². The zero-order valence-electron chi connectivity index (χ0n) is 14.0. The lowest BCUT2D eigenvalue weighted by molar-refractivity contribution is 0.0690. The highest BCUT2D eigenvalue weighted by molar-refractivity contribution is 5.85. The van der Waals surface area contributed by atoms with Crippen LogP contribution in [0.5, 0.6) is 5.75 Å². The van der Waals surface area contributed by atoms with E-state index in [-0.39, 0.29) is 5.69 Å². The van der Waals surface area contributed by atoms with Gasteiger partial charge < -0.3 is 20.1 Å². The van der Waals surface area contributed by atoms with E-state index in [2.05, 4.69) is 15.2 Å². The van der Waals surface area contributed by atoms with Crippen LogP contribution in [0, 0.1) is 0 Å². The van der Waals surface area contributed by atoms with Gasteiger partial charge in [0.2, 0.25) is 0 Å². The van der Waals surface area contributed by atoms with Gasteiger partial charge in [0.05, 0.1) is 0 Å². The number of carboxylic acid groups (broad SMARTS) is 1. The van der Waals surface area contributed by atoms with Crippen molar-refractivity contribution in [2.45, 2.75) is 6.42 Å². The van der Waals surface area contributed by atoms with E-state index in [0.717, 1.165) is 18.7 Å². The largest absolute Gasteiger partial charge is 0.492 e. The summed E-state index contributed by atoms with van der Waals surface area (Å²) in [6.07, 6.45) is 0.816. The number of nitrogens with zero attached hydrogens (tertiary/aromatic N) is 2. The van der Waals surface area contributed by atoms with E-state index in [1.807, 2.05) is 38.4 Å². The molecule has 0 unspecified atom stereocenters. The highest BCUT2D eigenvalue weighted by Gasteiger charge is 2.04. The van der Waals surface area contributed by atoms with Crippen LogP contribution in [0.2, 0.25) is 0 Å². The van der Waals surface area contributed by atoms with Crippen molar-refractivity contribution in [3.8, 4) is 5.75 Å². The number of nitrogens with one attached hydrogen (secondary N) is 1. The van der Waals surface area contributed by atoms with Crippen molar-refractivity contribution in [1.29, 1.82) is 0 Å². The van der Waals surface area contributed by atoms with Crippen molar-refractivity contribution in [1.82, 2.24) is 9.88 Å². The van der Waals surface area contributed by atoms with Crippen LogP contribution in [0.25, 0.3) is 0 Å². The zero-order valence-corrected chi connectivity index (χ0v) is 14.0. The molecule has 0 saturated carbocycles. The third kappa shape index (κ3) is 5.89. The number of likely N-dealkylation sites (N-methyl/N-ethyl adjacent to an activating group) is 1. The van der Waals surface area contributed by atoms with Gasteiger partial charge >= 0.3 is 5.97 Å². The maximum atomic E-state index is 10.9. The summed E-state index contributed by atoms with van der Waals surface area (Å²) in [6.45, 7) is 2.23. The summed E-state index contributed by atoms with van der Waals surface area (Å²) < 4.78 is 5.66. The Kier molecular flexibility index (Phi) is 6.57. The average Bonchev–Trinajstić information content (AvgIpc) is 2.56. The minimum Gasteiger partial charge on any atom is -0.492 e. The summed E-state index contributed by atoms with van der Waals surface area (Å²) in [5.74, 6) is 0.409. The predicted octanol–water partition coefficient (Wildman–Crippen LogP) is 2.37. The van der Waals surface area contributed by atoms with E-state index in [0.29, 0.717) is 19.0 Å². The number of aromatic nitrogens is 1. The van der Waals surface area contributed by atoms with Crippen LogP contribution in [0.3, 0.4) is 0 Å². The number of anilines is 1. The molecule has 6 nitrogen and oxygen atoms in total. The Balaban J connectivity index is 1.78. The van der Waals surface area contributed by atoms with E-state index in [1.54, 1.807) is 12.1 Å². The molecule has 0 aliphatic heterocycles. The molecule has 2 N–H and O–H groups in total. The van der Waals surface area contributed by atoms with E-state index < -0.39 is 5.97 Å². The lowest BCUT2D eigenvalue weighted by Gasteiger charge is -2.11. The van der Waals surface area contributed by atoms with Gasteiger partial charge in [0.15, 0.2) is 5.69 Å². The molecule has 1 aromatic carbocycles. The minimum atomic E-state index is -1.02. The van der Waals surface area contributed by atoms with Crippen LogP contribution in [-0.2, 0) is 6.42 Å². The number of carboxylic acids is 1. The first-order chi connectivity index (χ1) is 11.5. The fourth-order valence-corrected chi connectivity index (χ4v) is 2.09. The molecule has 0 radical (unpaired) electrons. The smallest absolute Gasteiger partial charge is 0.354 e. The molecule has 2 rings (SSSR count). The lowest BCUT2D eigenvalue weighted by Crippen LogP contribution is -2.19. The summed E-state index contributed by atoms with van der Waals surface area (Å²) >= 11 is 0. The van der Waals surface area contributed by atoms with Crippen molar-refractivity contribution >= 4 is 11.8 Å². The van der Waals surface area contributed by atoms with Gasteiger partial charge in [-0.25, -0.2) is 9.78 Å². The summed E-state index contributed by atoms with van der Waals surface area (Å²) in [5, 5.41) is 12.1. The van der Waals surface area contributed by atoms with Crippen LogP contribution in [0.15, 0.2) is 42.5 Å². The van der Waals surface area contributed by atoms with E-state index >= 15 is 0 Å². The summed E-state index contributed by atoms with van der Waals surface area (Å²) in [7, 11) is 4.03. The third-order valence-electron chi connectivity index (χ3n) is 3.42. The monoisotopic (exact) mass is 329 g/mol. The topological polar surface area (TPSA) is 74.7 Å². The van der Waals surface area contributed by atoms with Crippen LogP contribution >= 0.6 is 0 Å². The molecule has 0 atom stereocenters. The van der Waals surface area contributed by atoms with E-state index in [9.17, 15) is 4.79 Å². The molecule has 0 fully saturated rings. The number of hydrogen-bond acceptors (Lipinski definition) is 5. The van der Waals surface area contributed by atoms with Gasteiger partial charge in [-0.3, -0.25) is 0 Å². The van der Waals surface area contributed by atoms with Crippen LogP contribution in [0.4, 0.5) is 5.82 Å². The average molecular weight is 329 g/mol. The molecule has 6 heteroatoms. The van der Waals surface area contributed by atoms with Crippen molar-refractivity contribution in [2.75, 3.05) is 39.1 Å². The Hall–Kier alpha value is -2.60. The number of aromatic carboxylic acids is 1. The molecule has 0 aliphatic carbocycles. The van der Waals surface area contributed by atoms with Gasteiger partial charge in [0.25, 0.3) is 0 Å². The first kappa shape index (κ1) is 17.7. The standard InChI is InChI=1S/C18H23N3O3/c1-21(2)12-13-24-15-8-6-14(7-9-15)10-11-19-17-5-3-4-16(20-17)18(22)23/h3-9H,10-13H2,1-2H3,(H,19,20)(H,22,23). The second kappa shape index (κ2) is 8.88. The first-order valence-electron chi connectivity index (χ1n) is 7.85. The van der Waals surface area contributed by atoms with Crippen LogP contribution in [-0.4, -0.2) is 54.8 Å². The van der Waals surface area contributed by atoms with Gasteiger partial charge in [-0.05, 0) is 50.3 Å². The van der Waals surface area contributed by atoms with Crippen LogP contribution in [0.1, 0.15) is 16.1 Å². The number of pyridine rings is 1. The quantitative estimate of drug-likeness (QED) is 0.736. The van der Waals surface area contributed by atoms with Gasteiger partial charge in [0, 0.05) is 13.1 Å². The number of rotatable bonds is 9. The normalized spacial score (nSPS) is 10.6. The molecule has 0 amide bonds. The number of carbonyl (C=O) groups is 1. The molecule has 0 saturated heterocycles. The number of benzene rings is 1. The predicted molar refractivity (Wildman–Crippen MR) is 93.9 cm³/mol. The maximum absolute atomic E-state index is 10.9. The molecular formula is C18H23N3O3. The van der Waals surface area contributed by atoms with Gasteiger partial charge in [0.1, 0.15) is 18.2 Å². The third-order valence-corrected chi connectivity index (χ3v) is 3.42. The Bertz CT molecular complexity index is 657. The molecule has 0 aliphatic rings. The fourth-order valence-electron chi connectivity index (χ4n) is 2.09. The maximum Gasteiger partial charge on any atom is 0.354 e. The summed E-state index contributed by atoms with van der Waals surface area (Å²) in [4.78, 5) is 17.0. The zero-order chi connectivity index (χ0) is 17.4. The Morgan fingerprint density at radius 2 is 1.96 bits per heavy atom. The molecular weight excluding hydrogens is 306 g/mol. The first-order valence-corrected chi connectivity index (χ1v) is 7.85. The lowest BCUT2D eigenvalue weighted by atomic mass is 10.1. The van der Waals surface area contributed by atoms with Crippen LogP contribution < -0.4 is 10.1 Å². The fraction of sp³-hybridized carbons (Fsp3) is 0.333. The molecule has 1 aromatic heterocycles. The second-order valence-electron chi connectivity index (χ2n) is 5.69. The van der Waals surface area contributed by atoms with Gasteiger partial charge in [-0.15, -0.1) is 0 Å². The van der Waals surface area contributed by atoms with E-state index in [4.69, 9.17) is 9.84 Å². The summed E-state index contributed by atoms with van der Waals surface area (Å²) in [6, 6.07) is 12.9. The summed E-state index contributed by atoms with van der Waals surface area (Å²) in [5.41, 5.74) is 1.22. The Labute approximate surface area is 142 Å². The minimum absolute atomic E-state index is 0.0409. The SMILES string of the molecule is CN(C)CCOc1ccc(CCNc2cccc(C(=O)O)n2)cc1. The second-order valence-corrected chi connectivity index (χ2v) is 5.69. The van der Waals surface area contributed by atoms with Crippen molar-refractivity contribution in [2.24, 2.45) is 0 Å². The van der Waals surface area contributed by atoms with Crippen molar-refractivity contribution in [3.05, 3.63) is 53.7 Å². The molecule has 1 heterocycles. The van der Waals surface area contributed by atoms with Crippen molar-refractivity contribution < 1.29 is 14.6 Å².